The highest BCUT2D eigenvalue weighted by Gasteiger charge is 2.00. The van der Waals surface area contributed by atoms with Gasteiger partial charge in [0.2, 0.25) is 31.9 Å². The van der Waals surface area contributed by atoms with Gasteiger partial charge in [-0.3, -0.25) is 23.3 Å². The average Bonchev–Trinajstić information content (AvgIpc) is 3.28. The van der Waals surface area contributed by atoms with Crippen molar-refractivity contribution >= 4 is 83.8 Å². The Morgan fingerprint density at radius 1 is 0.535 bits per heavy atom. The van der Waals surface area contributed by atoms with Crippen LogP contribution >= 0.6 is 11.8 Å². The van der Waals surface area contributed by atoms with Crippen molar-refractivity contribution in [3.63, 3.8) is 0 Å². The van der Waals surface area contributed by atoms with Crippen molar-refractivity contribution in [1.29, 1.82) is 0 Å². The third-order valence-corrected chi connectivity index (χ3v) is 6.04. The zero-order chi connectivity index (χ0) is 60.4. The summed E-state index contributed by atoms with van der Waals surface area (Å²) in [6.45, 7) is 19.5. The number of urea groups is 1. The molecule has 0 saturated heterocycles. The van der Waals surface area contributed by atoms with Gasteiger partial charge in [0.05, 0.1) is 54.3 Å². The van der Waals surface area contributed by atoms with Crippen LogP contribution in [0.2, 0.25) is 0 Å². The van der Waals surface area contributed by atoms with E-state index in [-0.39, 0.29) is 23.7 Å². The number of hydrogen-bond acceptors (Lipinski definition) is 20. The lowest BCUT2D eigenvalue weighted by atomic mass is 10.2. The summed E-state index contributed by atoms with van der Waals surface area (Å²) in [7, 11) is 7.77. The SMILES string of the molecule is CC.CC(=O)NS(C)(=O)=O.CC(C)=O.CCC.CNC(=O)NC.CNC(=O)OC.CNC(C)=O.CNS(C)(=O)=O.COC.COC(=O)OC.COC(C)=O.COS(C)(=O)=O.CSC.Cc1ccc(C)cc1. The van der Waals surface area contributed by atoms with Crippen LogP contribution in [-0.4, -0.2) is 183 Å². The molecule has 0 fully saturated rings. The molecule has 0 radical (unpaired) electrons. The van der Waals surface area contributed by atoms with Crippen molar-refractivity contribution in [1.82, 2.24) is 30.7 Å². The van der Waals surface area contributed by atoms with Gasteiger partial charge in [0.25, 0.3) is 10.1 Å². The van der Waals surface area contributed by atoms with Crippen molar-refractivity contribution in [2.45, 2.75) is 82.6 Å². The van der Waals surface area contributed by atoms with Crippen LogP contribution in [0, 0.1) is 13.8 Å². The van der Waals surface area contributed by atoms with Crippen molar-refractivity contribution < 1.29 is 86.7 Å². The van der Waals surface area contributed by atoms with Crippen LogP contribution in [0.4, 0.5) is 14.4 Å². The predicted octanol–water partition coefficient (Wildman–Crippen LogP) is 4.27. The number of alkyl carbamates (subject to hydrolysis) is 1. The minimum absolute atomic E-state index is 0.00463. The number of ether oxygens (including phenoxy) is 5. The first kappa shape index (κ1) is 99.4. The molecular formula is C42H96N6O19S4. The minimum atomic E-state index is -3.32. The highest BCUT2D eigenvalue weighted by Crippen LogP contribution is 1.99. The molecule has 432 valence electrons. The average molecular weight is 1120 g/mol. The Kier molecular flexibility index (Phi) is 111. The number of thioether (sulfide) groups is 1. The molecule has 0 aliphatic rings. The maximum Gasteiger partial charge on any atom is 0.507 e. The summed E-state index contributed by atoms with van der Waals surface area (Å²) in [5, 5.41) is 9.37. The molecule has 1 aromatic rings. The summed E-state index contributed by atoms with van der Waals surface area (Å²) >= 11 is 1.75. The second-order valence-corrected chi connectivity index (χ2v) is 17.9. The molecule has 0 aliphatic carbocycles. The monoisotopic (exact) mass is 1120 g/mol. The number of aryl methyl sites for hydroxylation is 2. The van der Waals surface area contributed by atoms with Crippen LogP contribution in [-0.2, 0) is 77.2 Å². The van der Waals surface area contributed by atoms with E-state index in [1.807, 2.05) is 26.4 Å². The lowest BCUT2D eigenvalue weighted by Gasteiger charge is -1.93. The molecule has 0 aromatic heterocycles. The summed E-state index contributed by atoms with van der Waals surface area (Å²) in [5.41, 5.74) is 2.66. The Morgan fingerprint density at radius 3 is 0.789 bits per heavy atom. The van der Waals surface area contributed by atoms with E-state index in [0.717, 1.165) is 32.8 Å². The topological polar surface area (TPSA) is 349 Å². The predicted molar refractivity (Wildman–Crippen MR) is 288 cm³/mol. The van der Waals surface area contributed by atoms with Gasteiger partial charge in [0.1, 0.15) is 5.78 Å². The summed E-state index contributed by atoms with van der Waals surface area (Å²) in [4.78, 5) is 68.2. The summed E-state index contributed by atoms with van der Waals surface area (Å²) in [6, 6.07) is 8.32. The summed E-state index contributed by atoms with van der Waals surface area (Å²) in [5.74, 6) is -0.637. The van der Waals surface area contributed by atoms with Gasteiger partial charge in [0, 0.05) is 63.2 Å². The van der Waals surface area contributed by atoms with Gasteiger partial charge in [-0.1, -0.05) is 69.5 Å². The Hall–Kier alpha value is -4.81. The van der Waals surface area contributed by atoms with Gasteiger partial charge in [0.15, 0.2) is 0 Å². The van der Waals surface area contributed by atoms with Gasteiger partial charge in [-0.15, -0.1) is 0 Å². The smallest absolute Gasteiger partial charge is 0.469 e. The van der Waals surface area contributed by atoms with E-state index in [1.54, 1.807) is 51.8 Å². The van der Waals surface area contributed by atoms with E-state index in [1.165, 1.54) is 87.8 Å². The molecule has 1 aromatic carbocycles. The molecule has 1 rings (SSSR count). The zero-order valence-electron chi connectivity index (χ0n) is 47.9. The van der Waals surface area contributed by atoms with Crippen LogP contribution in [0.15, 0.2) is 24.3 Å². The standard InChI is InChI=1S/C8H10.C3H8N2O.C3H7NO3S.C3H7NO2.C3H7NO.C3H6O3.C3H6O2.C3H6O.C3H8.C2H7NO2S.C2H6O3S.C2H6O.C2H6S.C2H6/c1-7-3-5-8(2)6-4-7;1-4-3(6)5-2;1-3(5)4-8(2,6)7;1-4-3(5)6-2;1-3(5)4-2;1-5-3(4)6-2;1-3(4)5-2;1-3(2)4;1-3-2;1-3-6(2,4)5;1-5-6(2,3)4;2*1-3-2;1-2/h3-6H,1-2H3;1-2H3,(H2,4,5,6);1-2H3,(H,4,5);1-2H3,(H,4,5);1-2H3,(H,4,5);1-2H3;1-2H3;1-2H3;3H2,1-2H3;3H,1-2H3;1-2H3;2*1-2H3;1-2H3. The molecule has 0 spiro atoms. The number of Topliss-reactive ketones (excluding diaryl/α,β-unsaturated/α-hetero) is 1. The number of nitrogens with one attached hydrogen (secondary N) is 6. The molecule has 0 atom stereocenters. The lowest BCUT2D eigenvalue weighted by molar-refractivity contribution is -0.138. The first-order chi connectivity index (χ1) is 32.3. The number of esters is 1. The number of carbonyl (C=O) groups is 7. The number of hydrogen-bond donors (Lipinski definition) is 6. The van der Waals surface area contributed by atoms with Crippen molar-refractivity contribution in [3.05, 3.63) is 35.4 Å². The molecular weight excluding hydrogens is 1020 g/mol. The van der Waals surface area contributed by atoms with Crippen molar-refractivity contribution in [2.24, 2.45) is 0 Å². The Bertz CT molecular complexity index is 1540. The quantitative estimate of drug-likeness (QED) is 0.140. The third-order valence-electron chi connectivity index (χ3n) is 4.04. The Morgan fingerprint density at radius 2 is 0.761 bits per heavy atom. The molecule has 6 N–H and O–H groups in total. The van der Waals surface area contributed by atoms with Gasteiger partial charge in [-0.05, 0) is 47.3 Å². The normalized spacial score (nSPS) is 8.17. The molecule has 0 aliphatic heterocycles. The molecule has 29 heteroatoms. The maximum atomic E-state index is 10.1. The van der Waals surface area contributed by atoms with E-state index < -0.39 is 48.3 Å². The van der Waals surface area contributed by atoms with E-state index in [9.17, 15) is 58.8 Å². The highest BCUT2D eigenvalue weighted by atomic mass is 32.2. The largest absolute Gasteiger partial charge is 0.507 e. The minimum Gasteiger partial charge on any atom is -0.469 e. The van der Waals surface area contributed by atoms with Crippen LogP contribution < -0.4 is 30.7 Å². The fraction of sp³-hybridized carbons (Fsp3) is 0.690. The molecule has 5 amide bonds. The molecule has 71 heavy (non-hydrogen) atoms. The fourth-order valence-electron chi connectivity index (χ4n) is 1.21. The summed E-state index contributed by atoms with van der Waals surface area (Å²) in [6.07, 6.45) is 7.29. The fourth-order valence-corrected chi connectivity index (χ4v) is 1.73. The van der Waals surface area contributed by atoms with Crippen LogP contribution in [0.1, 0.15) is 79.9 Å². The van der Waals surface area contributed by atoms with Crippen molar-refractivity contribution in [3.8, 4) is 0 Å². The highest BCUT2D eigenvalue weighted by molar-refractivity contribution is 7.97. The Balaban J connectivity index is -0.0000000470. The first-order valence-electron chi connectivity index (χ1n) is 20.2. The number of rotatable bonds is 3. The van der Waals surface area contributed by atoms with Crippen molar-refractivity contribution in [2.75, 3.05) is 116 Å². The summed E-state index contributed by atoms with van der Waals surface area (Å²) < 4.78 is 87.8. The molecule has 0 unspecified atom stereocenters. The van der Waals surface area contributed by atoms with Crippen LogP contribution in [0.5, 0.6) is 0 Å². The molecule has 0 heterocycles. The van der Waals surface area contributed by atoms with Crippen LogP contribution in [0.3, 0.4) is 0 Å². The first-order valence-corrected chi connectivity index (χ1v) is 27.4. The second kappa shape index (κ2) is 79.3. The molecule has 25 nitrogen and oxygen atoms in total. The third kappa shape index (κ3) is 251. The van der Waals surface area contributed by atoms with Gasteiger partial charge in [-0.25, -0.2) is 35.9 Å². The lowest BCUT2D eigenvalue weighted by Crippen LogP contribution is -2.28. The number of amides is 5. The number of methoxy groups -OCH3 is 5. The Labute approximate surface area is 433 Å². The number of benzene rings is 1. The van der Waals surface area contributed by atoms with E-state index >= 15 is 0 Å². The van der Waals surface area contributed by atoms with E-state index in [0.29, 0.717) is 0 Å². The van der Waals surface area contributed by atoms with Gasteiger partial charge >= 0.3 is 24.2 Å². The molecule has 0 saturated carbocycles. The van der Waals surface area contributed by atoms with Gasteiger partial charge in [-0.2, -0.15) is 20.2 Å². The maximum absolute atomic E-state index is 10.1. The molecule has 0 bridgehead atoms. The number of ketones is 1. The van der Waals surface area contributed by atoms with Crippen LogP contribution in [0.25, 0.3) is 0 Å². The van der Waals surface area contributed by atoms with E-state index in [4.69, 9.17) is 0 Å². The zero-order valence-corrected chi connectivity index (χ0v) is 51.2. The number of sulfonamides is 2. The number of carbonyl (C=O) groups excluding carboxylic acids is 7. The second-order valence-electron chi connectivity index (χ2n) is 11.6. The van der Waals surface area contributed by atoms with E-state index in [2.05, 4.69) is 106 Å². The van der Waals surface area contributed by atoms with Gasteiger partial charge < -0.3 is 49.7 Å².